The van der Waals surface area contributed by atoms with Crippen LogP contribution in [0.5, 0.6) is 5.75 Å². The average Bonchev–Trinajstić information content (AvgIpc) is 2.97. The fourth-order valence-corrected chi connectivity index (χ4v) is 4.32. The molecule has 0 unspecified atom stereocenters. The zero-order chi connectivity index (χ0) is 19.1. The highest BCUT2D eigenvalue weighted by Gasteiger charge is 2.25. The van der Waals surface area contributed by atoms with Gasteiger partial charge >= 0.3 is 0 Å². The monoisotopic (exact) mass is 364 g/mol. The maximum absolute atomic E-state index is 5.28. The first kappa shape index (κ1) is 17.8. The summed E-state index contributed by atoms with van der Waals surface area (Å²) in [7, 11) is 1.69. The molecular weight excluding hydrogens is 336 g/mol. The minimum absolute atomic E-state index is 0.690. The van der Waals surface area contributed by atoms with Crippen molar-refractivity contribution >= 4 is 11.5 Å². The van der Waals surface area contributed by atoms with Gasteiger partial charge in [0.05, 0.1) is 12.8 Å². The van der Waals surface area contributed by atoms with Crippen molar-refractivity contribution in [3.8, 4) is 17.0 Å². The molecule has 0 aliphatic carbocycles. The average molecular weight is 364 g/mol. The van der Waals surface area contributed by atoms with Gasteiger partial charge in [0.2, 0.25) is 0 Å². The van der Waals surface area contributed by atoms with Gasteiger partial charge in [-0.3, -0.25) is 0 Å². The Bertz CT molecular complexity index is 951. The number of piperidine rings is 1. The molecule has 3 heterocycles. The summed E-state index contributed by atoms with van der Waals surface area (Å²) in [5.74, 6) is 3.38. The minimum atomic E-state index is 0.690. The third-order valence-corrected chi connectivity index (χ3v) is 5.48. The van der Waals surface area contributed by atoms with Gasteiger partial charge in [-0.25, -0.2) is 4.98 Å². The number of hydrogen-bond donors (Lipinski definition) is 0. The zero-order valence-electron chi connectivity index (χ0n) is 16.9. The summed E-state index contributed by atoms with van der Waals surface area (Å²) in [5.41, 5.74) is 5.16. The molecule has 0 bridgehead atoms. The van der Waals surface area contributed by atoms with Crippen molar-refractivity contribution < 1.29 is 4.74 Å². The Kier molecular flexibility index (Phi) is 4.54. The summed E-state index contributed by atoms with van der Waals surface area (Å²) in [6.45, 7) is 11.0. The maximum Gasteiger partial charge on any atom is 0.161 e. The lowest BCUT2D eigenvalue weighted by molar-refractivity contribution is 0.354. The summed E-state index contributed by atoms with van der Waals surface area (Å²) in [4.78, 5) is 7.27. The molecule has 0 amide bonds. The highest BCUT2D eigenvalue weighted by Crippen LogP contribution is 2.31. The molecule has 0 saturated carbocycles. The van der Waals surface area contributed by atoms with Crippen LogP contribution in [0, 0.1) is 25.7 Å². The number of aryl methyl sites for hydroxylation is 2. The van der Waals surface area contributed by atoms with Gasteiger partial charge in [-0.05, 0) is 56.4 Å². The van der Waals surface area contributed by atoms with Crippen LogP contribution < -0.4 is 9.64 Å². The number of ether oxygens (including phenoxy) is 1. The van der Waals surface area contributed by atoms with Crippen molar-refractivity contribution in [3.63, 3.8) is 0 Å². The van der Waals surface area contributed by atoms with E-state index in [1.165, 1.54) is 6.42 Å². The lowest BCUT2D eigenvalue weighted by Crippen LogP contribution is -2.39. The summed E-state index contributed by atoms with van der Waals surface area (Å²) >= 11 is 0. The van der Waals surface area contributed by atoms with E-state index in [1.54, 1.807) is 7.11 Å². The second kappa shape index (κ2) is 6.87. The van der Waals surface area contributed by atoms with Crippen LogP contribution in [0.1, 0.15) is 31.5 Å². The fraction of sp³-hybridized carbons (Fsp3) is 0.455. The largest absolute Gasteiger partial charge is 0.497 e. The number of rotatable bonds is 3. The van der Waals surface area contributed by atoms with E-state index in [2.05, 4.69) is 50.8 Å². The van der Waals surface area contributed by atoms with Crippen molar-refractivity contribution in [2.75, 3.05) is 25.1 Å². The molecule has 1 fully saturated rings. The molecule has 142 valence electrons. The van der Waals surface area contributed by atoms with Gasteiger partial charge in [-0.2, -0.15) is 9.61 Å². The number of anilines is 1. The standard InChI is InChI=1S/C22H28N4O/c1-14-10-15(2)13-25(12-14)20-11-16(3)23-22-17(4)21(24-26(20)22)18-6-8-19(27-5)9-7-18/h6-9,11,14-15H,10,12-13H2,1-5H3/t14-,15+. The van der Waals surface area contributed by atoms with E-state index in [0.717, 1.165) is 52.8 Å². The maximum atomic E-state index is 5.28. The van der Waals surface area contributed by atoms with E-state index in [9.17, 15) is 0 Å². The Morgan fingerprint density at radius 2 is 1.70 bits per heavy atom. The number of benzene rings is 1. The lowest BCUT2D eigenvalue weighted by atomic mass is 9.92. The topological polar surface area (TPSA) is 42.7 Å². The Balaban J connectivity index is 1.83. The van der Waals surface area contributed by atoms with Crippen molar-refractivity contribution in [1.29, 1.82) is 0 Å². The van der Waals surface area contributed by atoms with Crippen molar-refractivity contribution in [3.05, 3.63) is 41.6 Å². The summed E-state index contributed by atoms with van der Waals surface area (Å²) in [6.07, 6.45) is 1.29. The summed E-state index contributed by atoms with van der Waals surface area (Å²) in [5, 5.41) is 4.98. The van der Waals surface area contributed by atoms with Crippen molar-refractivity contribution in [2.45, 2.75) is 34.1 Å². The molecule has 1 aliphatic heterocycles. The lowest BCUT2D eigenvalue weighted by Gasteiger charge is -2.36. The van der Waals surface area contributed by atoms with Gasteiger partial charge in [-0.1, -0.05) is 13.8 Å². The van der Waals surface area contributed by atoms with Crippen molar-refractivity contribution in [2.24, 2.45) is 11.8 Å². The van der Waals surface area contributed by atoms with Crippen LogP contribution in [0.25, 0.3) is 16.9 Å². The van der Waals surface area contributed by atoms with Crippen molar-refractivity contribution in [1.82, 2.24) is 14.6 Å². The molecule has 0 spiro atoms. The van der Waals surface area contributed by atoms with Gasteiger partial charge in [0.25, 0.3) is 0 Å². The second-order valence-corrected chi connectivity index (χ2v) is 8.04. The van der Waals surface area contributed by atoms with Crippen LogP contribution in [0.3, 0.4) is 0 Å². The van der Waals surface area contributed by atoms with Gasteiger partial charge in [0.15, 0.2) is 5.65 Å². The van der Waals surface area contributed by atoms with E-state index < -0.39 is 0 Å². The normalized spacial score (nSPS) is 20.3. The number of aromatic nitrogens is 3. The zero-order valence-corrected chi connectivity index (χ0v) is 16.9. The number of hydrogen-bond acceptors (Lipinski definition) is 4. The second-order valence-electron chi connectivity index (χ2n) is 8.04. The quantitative estimate of drug-likeness (QED) is 0.686. The SMILES string of the molecule is COc1ccc(-c2nn3c(N4C[C@H](C)C[C@H](C)C4)cc(C)nc3c2C)cc1. The third-order valence-electron chi connectivity index (χ3n) is 5.48. The molecule has 4 rings (SSSR count). The van der Waals surface area contributed by atoms with E-state index >= 15 is 0 Å². The predicted molar refractivity (Wildman–Crippen MR) is 110 cm³/mol. The Morgan fingerprint density at radius 3 is 2.33 bits per heavy atom. The third kappa shape index (κ3) is 3.27. The summed E-state index contributed by atoms with van der Waals surface area (Å²) < 4.78 is 7.32. The predicted octanol–water partition coefficient (Wildman–Crippen LogP) is 4.50. The minimum Gasteiger partial charge on any atom is -0.497 e. The number of fused-ring (bicyclic) bond motifs is 1. The van der Waals surface area contributed by atoms with Gasteiger partial charge in [0.1, 0.15) is 11.6 Å². The molecule has 1 aliphatic rings. The first-order chi connectivity index (χ1) is 13.0. The van der Waals surface area contributed by atoms with Crippen LogP contribution in [0.15, 0.2) is 30.3 Å². The Labute approximate surface area is 161 Å². The molecule has 27 heavy (non-hydrogen) atoms. The molecule has 1 aromatic carbocycles. The van der Waals surface area contributed by atoms with Gasteiger partial charge in [-0.15, -0.1) is 0 Å². The van der Waals surface area contributed by atoms with Crippen LogP contribution >= 0.6 is 0 Å². The van der Waals surface area contributed by atoms with Crippen LogP contribution in [0.4, 0.5) is 5.82 Å². The van der Waals surface area contributed by atoms with Crippen LogP contribution in [-0.4, -0.2) is 34.8 Å². The highest BCUT2D eigenvalue weighted by molar-refractivity contribution is 5.72. The molecule has 3 aromatic rings. The first-order valence-corrected chi connectivity index (χ1v) is 9.72. The molecule has 5 nitrogen and oxygen atoms in total. The smallest absolute Gasteiger partial charge is 0.161 e. The van der Waals surface area contributed by atoms with E-state index in [4.69, 9.17) is 14.8 Å². The van der Waals surface area contributed by atoms with E-state index in [1.807, 2.05) is 16.6 Å². The molecule has 5 heteroatoms. The van der Waals surface area contributed by atoms with E-state index in [0.29, 0.717) is 11.8 Å². The molecular formula is C22H28N4O. The number of nitrogens with zero attached hydrogens (tertiary/aromatic N) is 4. The molecule has 1 saturated heterocycles. The highest BCUT2D eigenvalue weighted by atomic mass is 16.5. The molecule has 2 aromatic heterocycles. The van der Waals surface area contributed by atoms with Gasteiger partial charge in [0, 0.05) is 36.0 Å². The number of methoxy groups -OCH3 is 1. The van der Waals surface area contributed by atoms with Gasteiger partial charge < -0.3 is 9.64 Å². The molecule has 0 radical (unpaired) electrons. The van der Waals surface area contributed by atoms with Crippen LogP contribution in [0.2, 0.25) is 0 Å². The molecule has 0 N–H and O–H groups in total. The summed E-state index contributed by atoms with van der Waals surface area (Å²) in [6, 6.07) is 10.2. The Morgan fingerprint density at radius 1 is 1.04 bits per heavy atom. The first-order valence-electron chi connectivity index (χ1n) is 9.72. The van der Waals surface area contributed by atoms with Crippen LogP contribution in [-0.2, 0) is 0 Å². The Hall–Kier alpha value is -2.56. The molecule has 2 atom stereocenters. The fourth-order valence-electron chi connectivity index (χ4n) is 4.32. The van der Waals surface area contributed by atoms with E-state index in [-0.39, 0.29) is 0 Å².